The Bertz CT molecular complexity index is 1160. The van der Waals surface area contributed by atoms with Gasteiger partial charge >= 0.3 is 5.97 Å². The number of ether oxygens (including phenoxy) is 3. The Morgan fingerprint density at radius 3 is 2.37 bits per heavy atom. The molecule has 0 aliphatic carbocycles. The number of nitrogens with one attached hydrogen (secondary N) is 1. The Labute approximate surface area is 205 Å². The summed E-state index contributed by atoms with van der Waals surface area (Å²) >= 11 is 0. The molecule has 2 amide bonds. The number of amides is 2. The van der Waals surface area contributed by atoms with Crippen LogP contribution in [0.2, 0.25) is 0 Å². The molecule has 0 radical (unpaired) electrons. The lowest BCUT2D eigenvalue weighted by molar-refractivity contribution is -0.136. The molecule has 3 rings (SSSR count). The first-order chi connectivity index (χ1) is 16.7. The van der Waals surface area contributed by atoms with Crippen LogP contribution in [0.4, 0.5) is 5.69 Å². The Morgan fingerprint density at radius 2 is 1.74 bits per heavy atom. The van der Waals surface area contributed by atoms with Gasteiger partial charge in [-0.1, -0.05) is 38.1 Å². The number of para-hydroxylation sites is 2. The Hall–Kier alpha value is -4.07. The maximum Gasteiger partial charge on any atom is 0.340 e. The van der Waals surface area contributed by atoms with Gasteiger partial charge in [0.2, 0.25) is 0 Å². The minimum Gasteiger partial charge on any atom is -0.495 e. The van der Waals surface area contributed by atoms with Crippen LogP contribution in [0.1, 0.15) is 26.3 Å². The molecule has 0 unspecified atom stereocenters. The zero-order valence-electron chi connectivity index (χ0n) is 20.6. The van der Waals surface area contributed by atoms with E-state index in [1.807, 2.05) is 19.9 Å². The molecule has 2 aromatic carbocycles. The number of rotatable bonds is 9. The minimum atomic E-state index is -0.547. The molecule has 1 heterocycles. The number of allylic oxidation sites excluding steroid dienone is 1. The molecule has 8 heteroatoms. The lowest BCUT2D eigenvalue weighted by atomic mass is 10.0. The van der Waals surface area contributed by atoms with E-state index in [4.69, 9.17) is 14.2 Å². The van der Waals surface area contributed by atoms with Gasteiger partial charge in [-0.2, -0.15) is 0 Å². The number of carbonyl (C=O) groups excluding carboxylic acids is 3. The van der Waals surface area contributed by atoms with E-state index in [2.05, 4.69) is 5.32 Å². The highest BCUT2D eigenvalue weighted by Crippen LogP contribution is 2.32. The third-order valence-electron chi connectivity index (χ3n) is 5.39. The zero-order valence-corrected chi connectivity index (χ0v) is 20.6. The fourth-order valence-electron chi connectivity index (χ4n) is 3.72. The number of benzene rings is 2. The molecule has 1 aliphatic heterocycles. The number of hydrogen-bond acceptors (Lipinski definition) is 6. The first-order valence-electron chi connectivity index (χ1n) is 11.2. The summed E-state index contributed by atoms with van der Waals surface area (Å²) < 4.78 is 15.7. The van der Waals surface area contributed by atoms with Gasteiger partial charge < -0.3 is 24.4 Å². The first-order valence-corrected chi connectivity index (χ1v) is 11.2. The Morgan fingerprint density at radius 1 is 1.06 bits per heavy atom. The van der Waals surface area contributed by atoms with Gasteiger partial charge in [-0.15, -0.1) is 0 Å². The summed E-state index contributed by atoms with van der Waals surface area (Å²) in [4.78, 5) is 39.3. The SMILES string of the molecule is COC(=O)C1=C(C)N(CC(C)C)C(=O)/C1=C\c1ccc(OCC(=O)Nc2ccccc2OC)cc1. The van der Waals surface area contributed by atoms with E-state index in [9.17, 15) is 14.4 Å². The molecule has 0 fully saturated rings. The molecule has 0 saturated carbocycles. The van der Waals surface area contributed by atoms with Crippen LogP contribution in [-0.4, -0.2) is 50.1 Å². The number of nitrogens with zero attached hydrogens (tertiary/aromatic N) is 1. The summed E-state index contributed by atoms with van der Waals surface area (Å²) in [6, 6.07) is 14.0. The van der Waals surface area contributed by atoms with Crippen LogP contribution >= 0.6 is 0 Å². The van der Waals surface area contributed by atoms with Crippen LogP contribution in [0.3, 0.4) is 0 Å². The summed E-state index contributed by atoms with van der Waals surface area (Å²) in [6.07, 6.45) is 1.66. The summed E-state index contributed by atoms with van der Waals surface area (Å²) in [7, 11) is 2.83. The van der Waals surface area contributed by atoms with Crippen molar-refractivity contribution in [2.75, 3.05) is 32.7 Å². The summed E-state index contributed by atoms with van der Waals surface area (Å²) in [5, 5.41) is 2.75. The second-order valence-electron chi connectivity index (χ2n) is 8.43. The van der Waals surface area contributed by atoms with E-state index < -0.39 is 5.97 Å². The first kappa shape index (κ1) is 25.6. The van der Waals surface area contributed by atoms with Crippen molar-refractivity contribution in [1.29, 1.82) is 0 Å². The van der Waals surface area contributed by atoms with Gasteiger partial charge in [0.25, 0.3) is 11.8 Å². The molecule has 0 aromatic heterocycles. The van der Waals surface area contributed by atoms with Gasteiger partial charge in [0.1, 0.15) is 11.5 Å². The van der Waals surface area contributed by atoms with E-state index in [-0.39, 0.29) is 29.9 Å². The van der Waals surface area contributed by atoms with Gasteiger partial charge in [-0.05, 0) is 48.7 Å². The van der Waals surface area contributed by atoms with E-state index in [1.165, 1.54) is 14.2 Å². The van der Waals surface area contributed by atoms with Crippen molar-refractivity contribution >= 4 is 29.5 Å². The maximum atomic E-state index is 13.1. The predicted molar refractivity (Wildman–Crippen MR) is 133 cm³/mol. The third kappa shape index (κ3) is 6.09. The van der Waals surface area contributed by atoms with E-state index >= 15 is 0 Å². The number of anilines is 1. The van der Waals surface area contributed by atoms with Crippen LogP contribution in [0, 0.1) is 5.92 Å². The number of hydrogen-bond donors (Lipinski definition) is 1. The van der Waals surface area contributed by atoms with Crippen molar-refractivity contribution in [1.82, 2.24) is 4.90 Å². The number of esters is 1. The van der Waals surface area contributed by atoms with Gasteiger partial charge in [0.15, 0.2) is 6.61 Å². The molecule has 184 valence electrons. The van der Waals surface area contributed by atoms with Crippen molar-refractivity contribution < 1.29 is 28.6 Å². The van der Waals surface area contributed by atoms with Crippen molar-refractivity contribution in [2.45, 2.75) is 20.8 Å². The zero-order chi connectivity index (χ0) is 25.5. The highest BCUT2D eigenvalue weighted by Gasteiger charge is 2.37. The maximum absolute atomic E-state index is 13.1. The monoisotopic (exact) mass is 478 g/mol. The Kier molecular flexibility index (Phi) is 8.30. The number of carbonyl (C=O) groups is 3. The molecule has 8 nitrogen and oxygen atoms in total. The molecular formula is C27H30N2O6. The molecule has 0 saturated heterocycles. The van der Waals surface area contributed by atoms with Gasteiger partial charge in [-0.3, -0.25) is 9.59 Å². The van der Waals surface area contributed by atoms with Crippen molar-refractivity contribution in [3.8, 4) is 11.5 Å². The molecule has 2 aromatic rings. The van der Waals surface area contributed by atoms with Crippen LogP contribution in [-0.2, 0) is 19.1 Å². The predicted octanol–water partition coefficient (Wildman–Crippen LogP) is 4.04. The van der Waals surface area contributed by atoms with Gasteiger partial charge in [0, 0.05) is 12.2 Å². The summed E-state index contributed by atoms with van der Waals surface area (Å²) in [5.74, 6) is 0.178. The smallest absolute Gasteiger partial charge is 0.340 e. The van der Waals surface area contributed by atoms with Crippen molar-refractivity contribution in [2.24, 2.45) is 5.92 Å². The average Bonchev–Trinajstić information content (AvgIpc) is 3.07. The van der Waals surface area contributed by atoms with Crippen LogP contribution in [0.15, 0.2) is 65.4 Å². The lowest BCUT2D eigenvalue weighted by Gasteiger charge is -2.19. The van der Waals surface area contributed by atoms with Crippen molar-refractivity contribution in [3.63, 3.8) is 0 Å². The van der Waals surface area contributed by atoms with Gasteiger partial charge in [0.05, 0.1) is 31.1 Å². The van der Waals surface area contributed by atoms with Crippen LogP contribution < -0.4 is 14.8 Å². The highest BCUT2D eigenvalue weighted by molar-refractivity contribution is 6.16. The molecular weight excluding hydrogens is 448 g/mol. The average molecular weight is 479 g/mol. The molecule has 1 N–H and O–H groups in total. The molecule has 0 atom stereocenters. The summed E-state index contributed by atoms with van der Waals surface area (Å²) in [6.45, 7) is 6.09. The quantitative estimate of drug-likeness (QED) is 0.432. The lowest BCUT2D eigenvalue weighted by Crippen LogP contribution is -2.28. The molecule has 35 heavy (non-hydrogen) atoms. The fraction of sp³-hybridized carbons (Fsp3) is 0.296. The summed E-state index contributed by atoms with van der Waals surface area (Å²) in [5.41, 5.74) is 2.41. The molecule has 0 spiro atoms. The minimum absolute atomic E-state index is 0.185. The van der Waals surface area contributed by atoms with E-state index in [1.54, 1.807) is 60.4 Å². The van der Waals surface area contributed by atoms with E-state index in [0.29, 0.717) is 40.6 Å². The largest absolute Gasteiger partial charge is 0.495 e. The molecule has 0 bridgehead atoms. The second kappa shape index (κ2) is 11.4. The molecule has 1 aliphatic rings. The highest BCUT2D eigenvalue weighted by atomic mass is 16.5. The fourth-order valence-corrected chi connectivity index (χ4v) is 3.72. The van der Waals surface area contributed by atoms with Crippen LogP contribution in [0.25, 0.3) is 6.08 Å². The standard InChI is InChI=1S/C27H30N2O6/c1-17(2)15-29-18(3)25(27(32)34-5)21(26(29)31)14-19-10-12-20(13-11-19)35-16-24(30)28-22-8-6-7-9-23(22)33-4/h6-14,17H,15-16H2,1-5H3,(H,28,30)/b21-14-. The topological polar surface area (TPSA) is 94.2 Å². The number of methoxy groups -OCH3 is 2. The van der Waals surface area contributed by atoms with E-state index in [0.717, 1.165) is 0 Å². The van der Waals surface area contributed by atoms with Crippen LogP contribution in [0.5, 0.6) is 11.5 Å². The van der Waals surface area contributed by atoms with Gasteiger partial charge in [-0.25, -0.2) is 4.79 Å². The Balaban J connectivity index is 1.71. The third-order valence-corrected chi connectivity index (χ3v) is 5.39. The van der Waals surface area contributed by atoms with Crippen molar-refractivity contribution in [3.05, 3.63) is 70.9 Å². The normalized spacial score (nSPS) is 14.5. The second-order valence-corrected chi connectivity index (χ2v) is 8.43.